The van der Waals surface area contributed by atoms with Crippen molar-refractivity contribution in [3.8, 4) is 17.6 Å². The summed E-state index contributed by atoms with van der Waals surface area (Å²) < 4.78 is 38.2. The number of halogens is 1. The maximum atomic E-state index is 13.0. The fourth-order valence-corrected chi connectivity index (χ4v) is 4.64. The van der Waals surface area contributed by atoms with E-state index >= 15 is 0 Å². The lowest BCUT2D eigenvalue weighted by atomic mass is 10.2. The molecule has 2 rings (SSSR count). The Morgan fingerprint density at radius 2 is 1.77 bits per heavy atom. The van der Waals surface area contributed by atoms with Crippen LogP contribution in [0.5, 0.6) is 11.5 Å². The molecular weight excluding hydrogens is 442 g/mol. The lowest BCUT2D eigenvalue weighted by Crippen LogP contribution is -2.31. The van der Waals surface area contributed by atoms with Crippen LogP contribution in [0.3, 0.4) is 0 Å². The summed E-state index contributed by atoms with van der Waals surface area (Å²) in [6.07, 6.45) is 0. The van der Waals surface area contributed by atoms with E-state index in [9.17, 15) is 13.2 Å². The van der Waals surface area contributed by atoms with Gasteiger partial charge in [0.1, 0.15) is 16.4 Å². The molecule has 0 fully saturated rings. The number of hydrogen-bond acceptors (Lipinski definition) is 6. The molecule has 8 nitrogen and oxygen atoms in total. The normalized spacial score (nSPS) is 11.1. The maximum Gasteiger partial charge on any atom is 0.262 e. The number of amides is 1. The molecule has 0 heterocycles. The number of hydrogen-bond donors (Lipinski definition) is 1. The SMILES string of the molecule is CCOc1ccc(NC(=O)COc2ccc(C#N)cc2Cl)cc1S(=O)(=O)N(CC)CC. The number of nitrogens with zero attached hydrogens (tertiary/aromatic N) is 2. The van der Waals surface area contributed by atoms with Crippen molar-refractivity contribution in [1.29, 1.82) is 5.26 Å². The molecule has 0 atom stereocenters. The van der Waals surface area contributed by atoms with Gasteiger partial charge in [-0.25, -0.2) is 8.42 Å². The van der Waals surface area contributed by atoms with Crippen LogP contribution >= 0.6 is 11.6 Å². The van der Waals surface area contributed by atoms with E-state index in [0.717, 1.165) is 0 Å². The van der Waals surface area contributed by atoms with Crippen molar-refractivity contribution in [2.45, 2.75) is 25.7 Å². The molecule has 1 amide bonds. The molecule has 2 aromatic rings. The lowest BCUT2D eigenvalue weighted by Gasteiger charge is -2.21. The van der Waals surface area contributed by atoms with Gasteiger partial charge < -0.3 is 14.8 Å². The molecule has 0 unspecified atom stereocenters. The Hall–Kier alpha value is -2.80. The van der Waals surface area contributed by atoms with Gasteiger partial charge in [-0.2, -0.15) is 9.57 Å². The highest BCUT2D eigenvalue weighted by molar-refractivity contribution is 7.89. The molecule has 2 aromatic carbocycles. The van der Waals surface area contributed by atoms with Crippen molar-refractivity contribution >= 4 is 33.2 Å². The summed E-state index contributed by atoms with van der Waals surface area (Å²) in [6.45, 7) is 5.81. The molecule has 0 aliphatic carbocycles. The second-order valence-electron chi connectivity index (χ2n) is 6.28. The van der Waals surface area contributed by atoms with Crippen molar-refractivity contribution in [3.63, 3.8) is 0 Å². The van der Waals surface area contributed by atoms with Crippen molar-refractivity contribution in [1.82, 2.24) is 4.31 Å². The minimum Gasteiger partial charge on any atom is -0.492 e. The van der Waals surface area contributed by atoms with Crippen LogP contribution in [-0.2, 0) is 14.8 Å². The summed E-state index contributed by atoms with van der Waals surface area (Å²) >= 11 is 6.03. The van der Waals surface area contributed by atoms with Crippen LogP contribution in [0.1, 0.15) is 26.3 Å². The van der Waals surface area contributed by atoms with Gasteiger partial charge in [0.2, 0.25) is 10.0 Å². The number of nitriles is 1. The van der Waals surface area contributed by atoms with Crippen LogP contribution < -0.4 is 14.8 Å². The molecule has 0 aliphatic heterocycles. The predicted octanol–water partition coefficient (Wildman–Crippen LogP) is 3.66. The third-order valence-corrected chi connectivity index (χ3v) is 6.64. The Morgan fingerprint density at radius 3 is 2.35 bits per heavy atom. The summed E-state index contributed by atoms with van der Waals surface area (Å²) in [7, 11) is -3.80. The van der Waals surface area contributed by atoms with Gasteiger partial charge in [0.25, 0.3) is 5.91 Å². The quantitative estimate of drug-likeness (QED) is 0.573. The molecule has 0 aliphatic rings. The summed E-state index contributed by atoms with van der Waals surface area (Å²) in [5.41, 5.74) is 0.659. The first kappa shape index (κ1) is 24.5. The minimum atomic E-state index is -3.80. The number of nitrogens with one attached hydrogen (secondary N) is 1. The second kappa shape index (κ2) is 11.0. The number of carbonyl (C=O) groups excluding carboxylic acids is 1. The molecule has 0 aromatic heterocycles. The smallest absolute Gasteiger partial charge is 0.262 e. The van der Waals surface area contributed by atoms with E-state index in [1.807, 2.05) is 6.07 Å². The highest BCUT2D eigenvalue weighted by Gasteiger charge is 2.26. The number of anilines is 1. The Bertz CT molecular complexity index is 1080. The average Bonchev–Trinajstić information content (AvgIpc) is 2.74. The number of benzene rings is 2. The first-order chi connectivity index (χ1) is 14.8. The van der Waals surface area contributed by atoms with Crippen LogP contribution in [0.4, 0.5) is 5.69 Å². The number of ether oxygens (including phenoxy) is 2. The Balaban J connectivity index is 2.19. The van der Waals surface area contributed by atoms with Gasteiger partial charge in [-0.05, 0) is 43.3 Å². The molecule has 31 heavy (non-hydrogen) atoms. The van der Waals surface area contributed by atoms with Crippen LogP contribution in [0.25, 0.3) is 0 Å². The largest absolute Gasteiger partial charge is 0.492 e. The van der Waals surface area contributed by atoms with Gasteiger partial charge in [-0.1, -0.05) is 25.4 Å². The molecule has 0 saturated heterocycles. The van der Waals surface area contributed by atoms with Crippen molar-refractivity contribution in [2.75, 3.05) is 31.6 Å². The van der Waals surface area contributed by atoms with Gasteiger partial charge in [0, 0.05) is 18.8 Å². The number of sulfonamides is 1. The molecule has 166 valence electrons. The maximum absolute atomic E-state index is 13.0. The van der Waals surface area contributed by atoms with Gasteiger partial charge in [0.15, 0.2) is 6.61 Å². The van der Waals surface area contributed by atoms with E-state index in [2.05, 4.69) is 5.32 Å². The van der Waals surface area contributed by atoms with E-state index < -0.39 is 15.9 Å². The Labute approximate surface area is 187 Å². The zero-order valence-corrected chi connectivity index (χ0v) is 19.1. The molecule has 0 radical (unpaired) electrons. The fourth-order valence-electron chi connectivity index (χ4n) is 2.79. The molecule has 0 bridgehead atoms. The Kier molecular flexibility index (Phi) is 8.68. The average molecular weight is 466 g/mol. The van der Waals surface area contributed by atoms with E-state index in [-0.39, 0.29) is 33.7 Å². The predicted molar refractivity (Wildman–Crippen MR) is 118 cm³/mol. The minimum absolute atomic E-state index is 0.0214. The van der Waals surface area contributed by atoms with E-state index in [1.54, 1.807) is 26.8 Å². The fraction of sp³-hybridized carbons (Fsp3) is 0.333. The first-order valence-electron chi connectivity index (χ1n) is 9.66. The van der Waals surface area contributed by atoms with Crippen molar-refractivity contribution < 1.29 is 22.7 Å². The van der Waals surface area contributed by atoms with E-state index in [4.69, 9.17) is 26.3 Å². The third-order valence-electron chi connectivity index (χ3n) is 4.27. The van der Waals surface area contributed by atoms with E-state index in [0.29, 0.717) is 25.3 Å². The third kappa shape index (κ3) is 6.10. The topological polar surface area (TPSA) is 109 Å². The van der Waals surface area contributed by atoms with Gasteiger partial charge in [-0.3, -0.25) is 4.79 Å². The van der Waals surface area contributed by atoms with Gasteiger partial charge in [-0.15, -0.1) is 0 Å². The van der Waals surface area contributed by atoms with Crippen LogP contribution in [0, 0.1) is 11.3 Å². The molecular formula is C21H24ClN3O5S. The molecule has 1 N–H and O–H groups in total. The molecule has 0 spiro atoms. The van der Waals surface area contributed by atoms with Crippen molar-refractivity contribution in [3.05, 3.63) is 47.0 Å². The summed E-state index contributed by atoms with van der Waals surface area (Å²) in [5, 5.41) is 11.7. The highest BCUT2D eigenvalue weighted by atomic mass is 35.5. The standard InChI is InChI=1S/C21H24ClN3O5S/c1-4-25(5-2)31(27,28)20-12-16(8-10-19(20)29-6-3)24-21(26)14-30-18-9-7-15(13-23)11-17(18)22/h7-12H,4-6,14H2,1-3H3,(H,24,26). The van der Waals surface area contributed by atoms with Crippen LogP contribution in [-0.4, -0.2) is 44.9 Å². The highest BCUT2D eigenvalue weighted by Crippen LogP contribution is 2.30. The lowest BCUT2D eigenvalue weighted by molar-refractivity contribution is -0.118. The van der Waals surface area contributed by atoms with Gasteiger partial charge in [0.05, 0.1) is 23.3 Å². The number of carbonyl (C=O) groups is 1. The van der Waals surface area contributed by atoms with E-state index in [1.165, 1.54) is 34.6 Å². The van der Waals surface area contributed by atoms with Crippen LogP contribution in [0.2, 0.25) is 5.02 Å². The Morgan fingerprint density at radius 1 is 1.10 bits per heavy atom. The zero-order valence-electron chi connectivity index (χ0n) is 17.5. The summed E-state index contributed by atoms with van der Waals surface area (Å²) in [5.74, 6) is -0.0314. The second-order valence-corrected chi connectivity index (χ2v) is 8.59. The zero-order chi connectivity index (χ0) is 23.0. The van der Waals surface area contributed by atoms with Crippen LogP contribution in [0.15, 0.2) is 41.3 Å². The monoisotopic (exact) mass is 465 g/mol. The first-order valence-corrected chi connectivity index (χ1v) is 11.5. The van der Waals surface area contributed by atoms with Crippen molar-refractivity contribution in [2.24, 2.45) is 0 Å². The number of rotatable bonds is 10. The molecule has 10 heteroatoms. The molecule has 0 saturated carbocycles. The summed E-state index contributed by atoms with van der Waals surface area (Å²) in [4.78, 5) is 12.3. The summed E-state index contributed by atoms with van der Waals surface area (Å²) in [6, 6.07) is 10.8. The van der Waals surface area contributed by atoms with Gasteiger partial charge >= 0.3 is 0 Å².